The molecule has 1 heterocycles. The fourth-order valence-electron chi connectivity index (χ4n) is 1.35. The molecule has 1 aromatic carbocycles. The molecule has 0 fully saturated rings. The third-order valence-electron chi connectivity index (χ3n) is 2.19. The number of rotatable bonds is 2. The zero-order chi connectivity index (χ0) is 13.7. The summed E-state index contributed by atoms with van der Waals surface area (Å²) in [5, 5.41) is 2.24. The van der Waals surface area contributed by atoms with Crippen molar-refractivity contribution in [2.45, 2.75) is 6.54 Å². The second kappa shape index (κ2) is 5.96. The van der Waals surface area contributed by atoms with Gasteiger partial charge in [0.05, 0.1) is 6.54 Å². The van der Waals surface area contributed by atoms with E-state index in [4.69, 9.17) is 16.7 Å². The van der Waals surface area contributed by atoms with Crippen molar-refractivity contribution in [3.05, 3.63) is 73.6 Å². The van der Waals surface area contributed by atoms with Gasteiger partial charge < -0.3 is 9.05 Å². The van der Waals surface area contributed by atoms with Crippen molar-refractivity contribution in [2.75, 3.05) is 0 Å². The Morgan fingerprint density at radius 1 is 1.05 bits per heavy atom. The maximum absolute atomic E-state index is 11.4. The van der Waals surface area contributed by atoms with Gasteiger partial charge in [-0.05, 0) is 17.8 Å². The summed E-state index contributed by atoms with van der Waals surface area (Å²) < 4.78 is 10.7. The van der Waals surface area contributed by atoms with Crippen LogP contribution < -0.4 is 11.3 Å². The van der Waals surface area contributed by atoms with Crippen LogP contribution in [0.2, 0.25) is 0 Å². The van der Waals surface area contributed by atoms with Crippen molar-refractivity contribution in [3.8, 4) is 0 Å². The Hall–Kier alpha value is -2.41. The normalized spacial score (nSPS) is 9.89. The molecule has 0 aliphatic rings. The van der Waals surface area contributed by atoms with E-state index in [1.54, 1.807) is 0 Å². The largest absolute Gasteiger partial charge is 0.356 e. The first-order chi connectivity index (χ1) is 9.15. The van der Waals surface area contributed by atoms with Crippen molar-refractivity contribution in [1.29, 1.82) is 0 Å². The molecule has 98 valence electrons. The molecule has 6 nitrogen and oxygen atoms in total. The van der Waals surface area contributed by atoms with E-state index >= 15 is 0 Å². The van der Waals surface area contributed by atoms with E-state index in [0.717, 1.165) is 22.4 Å². The maximum atomic E-state index is 11.4. The quantitative estimate of drug-likeness (QED) is 0.844. The van der Waals surface area contributed by atoms with Crippen LogP contribution in [0.15, 0.2) is 61.1 Å². The first-order valence-corrected chi connectivity index (χ1v) is 5.78. The first kappa shape index (κ1) is 13.0. The third-order valence-corrected chi connectivity index (χ3v) is 2.48. The van der Waals surface area contributed by atoms with Crippen LogP contribution in [0.3, 0.4) is 0 Å². The van der Waals surface area contributed by atoms with E-state index in [2.05, 4.69) is 9.68 Å². The Labute approximate surface area is 112 Å². The highest BCUT2D eigenvalue weighted by atomic mass is 32.1. The summed E-state index contributed by atoms with van der Waals surface area (Å²) in [4.78, 5) is 22.5. The molecular weight excluding hydrogens is 268 g/mol. The van der Waals surface area contributed by atoms with Crippen LogP contribution in [0.1, 0.15) is 5.56 Å². The molecule has 0 unspecified atom stereocenters. The molecule has 1 N–H and O–H groups in total. The number of nitrogens with zero attached hydrogens (tertiary/aromatic N) is 1. The molecule has 0 amide bonds. The van der Waals surface area contributed by atoms with Crippen LogP contribution in [0.4, 0.5) is 0 Å². The average Bonchev–Trinajstić information content (AvgIpc) is 2.47. The van der Waals surface area contributed by atoms with Gasteiger partial charge in [0, 0.05) is 12.1 Å². The van der Waals surface area contributed by atoms with Crippen LogP contribution in [-0.4, -0.2) is 9.90 Å². The van der Waals surface area contributed by atoms with Crippen molar-refractivity contribution in [1.82, 2.24) is 9.90 Å². The zero-order valence-electron chi connectivity index (χ0n) is 9.74. The van der Waals surface area contributed by atoms with Crippen LogP contribution in [0.5, 0.6) is 0 Å². The molecule has 0 bridgehead atoms. The van der Waals surface area contributed by atoms with Gasteiger partial charge in [0.25, 0.3) is 0 Å². The van der Waals surface area contributed by atoms with Gasteiger partial charge in [-0.1, -0.05) is 30.3 Å². The summed E-state index contributed by atoms with van der Waals surface area (Å²) in [6.45, 7) is 0.240. The minimum Gasteiger partial charge on any atom is -0.336 e. The molecular formula is C12H10N2O4S. The molecule has 19 heavy (non-hydrogen) atoms. The Kier molecular flexibility index (Phi) is 4.09. The number of H-pyrrole nitrogens is 1. The predicted molar refractivity (Wildman–Crippen MR) is 69.9 cm³/mol. The molecule has 0 saturated carbocycles. The average molecular weight is 278 g/mol. The topological polar surface area (TPSA) is 81.1 Å². The molecule has 0 saturated heterocycles. The smallest absolute Gasteiger partial charge is 0.336 e. The van der Waals surface area contributed by atoms with Crippen LogP contribution >= 0.6 is 12.2 Å². The van der Waals surface area contributed by atoms with Gasteiger partial charge in [-0.2, -0.15) is 9.90 Å². The highest BCUT2D eigenvalue weighted by molar-refractivity contribution is 7.71. The summed E-state index contributed by atoms with van der Waals surface area (Å²) in [6.07, 6.45) is 0. The minimum absolute atomic E-state index is 0.0192. The zero-order valence-corrected chi connectivity index (χ0v) is 10.6. The standard InChI is InChI=1S/C12H10N2O4S/c15-10-6-7-11(16)18-14(12(19)13-17-10)8-9-4-2-1-3-5-9/h1-7H,8H2,(H,13,19). The maximum Gasteiger partial charge on any atom is 0.356 e. The Bertz CT molecular complexity index is 768. The summed E-state index contributed by atoms with van der Waals surface area (Å²) >= 11 is 4.97. The molecule has 0 atom stereocenters. The van der Waals surface area contributed by atoms with Gasteiger partial charge in [0.15, 0.2) is 0 Å². The van der Waals surface area contributed by atoms with Crippen LogP contribution in [-0.2, 0) is 6.54 Å². The summed E-state index contributed by atoms with van der Waals surface area (Å²) in [6, 6.07) is 11.2. The van der Waals surface area contributed by atoms with Crippen molar-refractivity contribution in [2.24, 2.45) is 0 Å². The lowest BCUT2D eigenvalue weighted by molar-refractivity contribution is 0.231. The van der Waals surface area contributed by atoms with Gasteiger partial charge >= 0.3 is 11.3 Å². The number of benzene rings is 1. The van der Waals surface area contributed by atoms with Crippen LogP contribution in [0.25, 0.3) is 0 Å². The van der Waals surface area contributed by atoms with Gasteiger partial charge in [-0.3, -0.25) is 0 Å². The second-order valence-corrected chi connectivity index (χ2v) is 3.98. The lowest BCUT2D eigenvalue weighted by Gasteiger charge is -2.01. The molecule has 0 aliphatic heterocycles. The van der Waals surface area contributed by atoms with Gasteiger partial charge in [0.2, 0.25) is 4.77 Å². The third kappa shape index (κ3) is 3.78. The van der Waals surface area contributed by atoms with Crippen molar-refractivity contribution in [3.63, 3.8) is 0 Å². The van der Waals surface area contributed by atoms with E-state index in [0.29, 0.717) is 0 Å². The highest BCUT2D eigenvalue weighted by Crippen LogP contribution is 2.00. The molecule has 7 heteroatoms. The summed E-state index contributed by atoms with van der Waals surface area (Å²) in [7, 11) is 0. The van der Waals surface area contributed by atoms with Crippen molar-refractivity contribution >= 4 is 12.2 Å². The van der Waals surface area contributed by atoms with E-state index in [-0.39, 0.29) is 11.3 Å². The minimum atomic E-state index is -0.735. The molecule has 2 aromatic rings. The second-order valence-electron chi connectivity index (χ2n) is 3.59. The SMILES string of the molecule is O=c1ccc(=O)on(Cc2ccccc2)c(=S)[nH]o1. The van der Waals surface area contributed by atoms with E-state index in [1.807, 2.05) is 30.3 Å². The Morgan fingerprint density at radius 2 is 1.74 bits per heavy atom. The van der Waals surface area contributed by atoms with E-state index in [9.17, 15) is 9.59 Å². The van der Waals surface area contributed by atoms with E-state index < -0.39 is 11.3 Å². The number of aromatic nitrogens is 2. The first-order valence-electron chi connectivity index (χ1n) is 5.37. The molecule has 1 aromatic heterocycles. The lowest BCUT2D eigenvalue weighted by Crippen LogP contribution is -2.06. The fourth-order valence-corrected chi connectivity index (χ4v) is 1.49. The lowest BCUT2D eigenvalue weighted by atomic mass is 10.2. The monoisotopic (exact) mass is 278 g/mol. The molecule has 0 aliphatic carbocycles. The van der Waals surface area contributed by atoms with Crippen molar-refractivity contribution < 1.29 is 9.05 Å². The Morgan fingerprint density at radius 3 is 2.47 bits per heavy atom. The molecule has 2 rings (SSSR count). The number of hydrogen-bond acceptors (Lipinski definition) is 5. The fraction of sp³-hybridized carbons (Fsp3) is 0.0833. The van der Waals surface area contributed by atoms with Gasteiger partial charge in [-0.25, -0.2) is 9.59 Å². The number of aromatic amines is 1. The van der Waals surface area contributed by atoms with Crippen LogP contribution in [0, 0.1) is 4.77 Å². The van der Waals surface area contributed by atoms with Gasteiger partial charge in [-0.15, -0.1) is 0 Å². The molecule has 0 spiro atoms. The number of hydrogen-bond donors (Lipinski definition) is 1. The predicted octanol–water partition coefficient (Wildman–Crippen LogP) is 1.62. The molecule has 0 radical (unpaired) electrons. The van der Waals surface area contributed by atoms with Gasteiger partial charge in [0.1, 0.15) is 0 Å². The Balaban J connectivity index is 2.58. The summed E-state index contributed by atoms with van der Waals surface area (Å²) in [5.41, 5.74) is -0.561. The summed E-state index contributed by atoms with van der Waals surface area (Å²) in [5.74, 6) is 0. The van der Waals surface area contributed by atoms with E-state index in [1.165, 1.54) is 0 Å². The number of nitrogens with one attached hydrogen (secondary N) is 1. The highest BCUT2D eigenvalue weighted by Gasteiger charge is 1.96.